The maximum absolute atomic E-state index is 12.1. The molecular formula is C16H9Cl3N2O. The maximum atomic E-state index is 12.1. The Morgan fingerprint density at radius 2 is 1.68 bits per heavy atom. The second-order valence-corrected chi connectivity index (χ2v) is 5.58. The van der Waals surface area contributed by atoms with Gasteiger partial charge in [0.1, 0.15) is 11.6 Å². The fourth-order valence-electron chi connectivity index (χ4n) is 1.65. The third-order valence-corrected chi connectivity index (χ3v) is 3.53. The largest absolute Gasteiger partial charge is 0.320 e. The van der Waals surface area contributed by atoms with E-state index >= 15 is 0 Å². The molecule has 6 heteroatoms. The number of anilines is 1. The van der Waals surface area contributed by atoms with Gasteiger partial charge in [0.2, 0.25) is 0 Å². The Bertz CT molecular complexity index is 777. The number of rotatable bonds is 3. The fourth-order valence-corrected chi connectivity index (χ4v) is 2.24. The molecule has 0 bridgehead atoms. The van der Waals surface area contributed by atoms with E-state index in [2.05, 4.69) is 5.32 Å². The highest BCUT2D eigenvalue weighted by Gasteiger charge is 2.11. The lowest BCUT2D eigenvalue weighted by Crippen LogP contribution is -2.13. The molecule has 1 amide bonds. The first-order valence-electron chi connectivity index (χ1n) is 6.13. The summed E-state index contributed by atoms with van der Waals surface area (Å²) in [7, 11) is 0. The standard InChI is InChI=1S/C16H9Cl3N2O/c17-12-3-1-10(2-4-12)7-11(9-20)16(22)21-15-6-5-13(18)8-14(15)19/h1-8H,(H,21,22)/b11-7+. The first-order valence-corrected chi connectivity index (χ1v) is 7.27. The van der Waals surface area contributed by atoms with Gasteiger partial charge in [-0.05, 0) is 42.0 Å². The van der Waals surface area contributed by atoms with E-state index in [1.54, 1.807) is 36.4 Å². The third kappa shape index (κ3) is 4.25. The summed E-state index contributed by atoms with van der Waals surface area (Å²) in [5.41, 5.74) is 1.03. The Hall–Kier alpha value is -1.99. The number of nitrogens with zero attached hydrogens (tertiary/aromatic N) is 1. The van der Waals surface area contributed by atoms with E-state index in [-0.39, 0.29) is 5.57 Å². The van der Waals surface area contributed by atoms with Gasteiger partial charge in [-0.1, -0.05) is 46.9 Å². The molecular weight excluding hydrogens is 343 g/mol. The van der Waals surface area contributed by atoms with E-state index in [9.17, 15) is 4.79 Å². The van der Waals surface area contributed by atoms with Gasteiger partial charge in [-0.15, -0.1) is 0 Å². The Labute approximate surface area is 142 Å². The van der Waals surface area contributed by atoms with Crippen molar-refractivity contribution in [2.24, 2.45) is 0 Å². The van der Waals surface area contributed by atoms with Gasteiger partial charge in [0, 0.05) is 10.0 Å². The van der Waals surface area contributed by atoms with Crippen molar-refractivity contribution in [2.45, 2.75) is 0 Å². The minimum Gasteiger partial charge on any atom is -0.320 e. The molecule has 0 spiro atoms. The molecule has 0 aliphatic heterocycles. The number of halogens is 3. The number of carbonyl (C=O) groups is 1. The summed E-state index contributed by atoms with van der Waals surface area (Å²) in [5, 5.41) is 13.0. The zero-order chi connectivity index (χ0) is 16.1. The smallest absolute Gasteiger partial charge is 0.266 e. The van der Waals surface area contributed by atoms with Crippen LogP contribution in [0.5, 0.6) is 0 Å². The van der Waals surface area contributed by atoms with Gasteiger partial charge in [-0.2, -0.15) is 5.26 Å². The van der Waals surface area contributed by atoms with Crippen LogP contribution in [0.1, 0.15) is 5.56 Å². The molecule has 0 atom stereocenters. The molecule has 0 heterocycles. The van der Waals surface area contributed by atoms with Crippen molar-refractivity contribution in [1.29, 1.82) is 5.26 Å². The Kier molecular flexibility index (Phi) is 5.46. The number of benzene rings is 2. The number of amides is 1. The van der Waals surface area contributed by atoms with Crippen LogP contribution in [0.15, 0.2) is 48.0 Å². The van der Waals surface area contributed by atoms with E-state index < -0.39 is 5.91 Å². The molecule has 110 valence electrons. The molecule has 2 rings (SSSR count). The summed E-state index contributed by atoms with van der Waals surface area (Å²) < 4.78 is 0. The Balaban J connectivity index is 2.22. The van der Waals surface area contributed by atoms with Crippen molar-refractivity contribution in [3.63, 3.8) is 0 Å². The minimum absolute atomic E-state index is 0.0478. The molecule has 2 aromatic carbocycles. The molecule has 0 aliphatic carbocycles. The molecule has 22 heavy (non-hydrogen) atoms. The third-order valence-electron chi connectivity index (χ3n) is 2.73. The number of carbonyl (C=O) groups excluding carboxylic acids is 1. The molecule has 0 saturated heterocycles. The average Bonchev–Trinajstić information content (AvgIpc) is 2.49. The number of nitriles is 1. The van der Waals surface area contributed by atoms with Crippen LogP contribution < -0.4 is 5.32 Å². The monoisotopic (exact) mass is 350 g/mol. The fraction of sp³-hybridized carbons (Fsp3) is 0. The molecule has 3 nitrogen and oxygen atoms in total. The van der Waals surface area contributed by atoms with Gasteiger partial charge < -0.3 is 5.32 Å². The van der Waals surface area contributed by atoms with Crippen LogP contribution in [0, 0.1) is 11.3 Å². The van der Waals surface area contributed by atoms with E-state index in [4.69, 9.17) is 40.1 Å². The molecule has 0 radical (unpaired) electrons. The molecule has 0 aliphatic rings. The lowest BCUT2D eigenvalue weighted by atomic mass is 10.1. The van der Waals surface area contributed by atoms with Gasteiger partial charge in [0.25, 0.3) is 5.91 Å². The highest BCUT2D eigenvalue weighted by molar-refractivity contribution is 6.37. The number of hydrogen-bond donors (Lipinski definition) is 1. The van der Waals surface area contributed by atoms with Gasteiger partial charge in [-0.3, -0.25) is 4.79 Å². The topological polar surface area (TPSA) is 52.9 Å². The SMILES string of the molecule is N#C/C(=C\c1ccc(Cl)cc1)C(=O)Nc1ccc(Cl)cc1Cl. The number of hydrogen-bond acceptors (Lipinski definition) is 2. The summed E-state index contributed by atoms with van der Waals surface area (Å²) in [6.07, 6.45) is 1.47. The first kappa shape index (κ1) is 16.4. The molecule has 0 saturated carbocycles. The zero-order valence-electron chi connectivity index (χ0n) is 11.1. The summed E-state index contributed by atoms with van der Waals surface area (Å²) >= 11 is 17.6. The van der Waals surface area contributed by atoms with Crippen LogP contribution in [0.4, 0.5) is 5.69 Å². The molecule has 2 aromatic rings. The normalized spacial score (nSPS) is 10.9. The van der Waals surface area contributed by atoms with Crippen LogP contribution in [0.2, 0.25) is 15.1 Å². The van der Waals surface area contributed by atoms with Crippen molar-refractivity contribution < 1.29 is 4.79 Å². The second kappa shape index (κ2) is 7.33. The highest BCUT2D eigenvalue weighted by Crippen LogP contribution is 2.25. The molecule has 0 fully saturated rings. The van der Waals surface area contributed by atoms with Gasteiger partial charge in [-0.25, -0.2) is 0 Å². The highest BCUT2D eigenvalue weighted by atomic mass is 35.5. The molecule has 1 N–H and O–H groups in total. The van der Waals surface area contributed by atoms with E-state index in [0.29, 0.717) is 26.3 Å². The predicted molar refractivity (Wildman–Crippen MR) is 90.1 cm³/mol. The van der Waals surface area contributed by atoms with E-state index in [1.807, 2.05) is 6.07 Å². The zero-order valence-corrected chi connectivity index (χ0v) is 13.4. The van der Waals surface area contributed by atoms with Crippen molar-refractivity contribution in [3.8, 4) is 6.07 Å². The summed E-state index contributed by atoms with van der Waals surface area (Å²) in [6, 6.07) is 13.3. The molecule has 0 aromatic heterocycles. The van der Waals surface area contributed by atoms with Crippen LogP contribution in [0.25, 0.3) is 6.08 Å². The summed E-state index contributed by atoms with van der Waals surface area (Å²) in [5.74, 6) is -0.554. The minimum atomic E-state index is -0.554. The second-order valence-electron chi connectivity index (χ2n) is 4.30. The van der Waals surface area contributed by atoms with Crippen LogP contribution >= 0.6 is 34.8 Å². The average molecular weight is 352 g/mol. The van der Waals surface area contributed by atoms with Crippen molar-refractivity contribution in [1.82, 2.24) is 0 Å². The lowest BCUT2D eigenvalue weighted by Gasteiger charge is -2.06. The van der Waals surface area contributed by atoms with Gasteiger partial charge in [0.05, 0.1) is 10.7 Å². The van der Waals surface area contributed by atoms with Crippen molar-refractivity contribution in [3.05, 3.63) is 68.7 Å². The van der Waals surface area contributed by atoms with Gasteiger partial charge >= 0.3 is 0 Å². The summed E-state index contributed by atoms with van der Waals surface area (Å²) in [4.78, 5) is 12.1. The van der Waals surface area contributed by atoms with Crippen molar-refractivity contribution >= 4 is 52.5 Å². The van der Waals surface area contributed by atoms with Crippen LogP contribution in [-0.4, -0.2) is 5.91 Å². The maximum Gasteiger partial charge on any atom is 0.266 e. The van der Waals surface area contributed by atoms with E-state index in [1.165, 1.54) is 12.1 Å². The molecule has 0 unspecified atom stereocenters. The Morgan fingerprint density at radius 3 is 2.27 bits per heavy atom. The van der Waals surface area contributed by atoms with Gasteiger partial charge in [0.15, 0.2) is 0 Å². The summed E-state index contributed by atoms with van der Waals surface area (Å²) in [6.45, 7) is 0. The number of nitrogens with one attached hydrogen (secondary N) is 1. The Morgan fingerprint density at radius 1 is 1.05 bits per heavy atom. The van der Waals surface area contributed by atoms with Crippen LogP contribution in [0.3, 0.4) is 0 Å². The lowest BCUT2D eigenvalue weighted by molar-refractivity contribution is -0.112. The first-order chi connectivity index (χ1) is 10.5. The van der Waals surface area contributed by atoms with Crippen molar-refractivity contribution in [2.75, 3.05) is 5.32 Å². The van der Waals surface area contributed by atoms with E-state index in [0.717, 1.165) is 0 Å². The van der Waals surface area contributed by atoms with Crippen LogP contribution in [-0.2, 0) is 4.79 Å². The predicted octanol–water partition coefficient (Wildman–Crippen LogP) is 5.19. The quantitative estimate of drug-likeness (QED) is 0.611.